The average Bonchev–Trinajstić information content (AvgIpc) is 2.55. The van der Waals surface area contributed by atoms with E-state index in [1.54, 1.807) is 0 Å². The largest absolute Gasteiger partial charge is 1.00 e. The van der Waals surface area contributed by atoms with E-state index in [4.69, 9.17) is 23.2 Å². The lowest BCUT2D eigenvalue weighted by Gasteiger charge is -2.30. The molecule has 0 aromatic heterocycles. The Kier molecular flexibility index (Phi) is 9.21. The fraction of sp³-hybridized carbons (Fsp3) is 0.316. The first kappa shape index (κ1) is 22.2. The van der Waals surface area contributed by atoms with E-state index >= 15 is 0 Å². The lowest BCUT2D eigenvalue weighted by molar-refractivity contribution is -0.903. The van der Waals surface area contributed by atoms with E-state index in [1.165, 1.54) is 0 Å². The van der Waals surface area contributed by atoms with Crippen LogP contribution >= 0.6 is 23.2 Å². The summed E-state index contributed by atoms with van der Waals surface area (Å²) in [5.41, 5.74) is 1.85. The molecule has 2 aromatic carbocycles. The number of hydrogen-bond donors (Lipinski definition) is 1. The predicted molar refractivity (Wildman–Crippen MR) is 101 cm³/mol. The molecule has 1 amide bonds. The van der Waals surface area contributed by atoms with Gasteiger partial charge in [-0.1, -0.05) is 47.5 Å². The summed E-state index contributed by atoms with van der Waals surface area (Å²) >= 11 is 12.0. The number of carbonyl (C=O) groups is 1. The van der Waals surface area contributed by atoms with Gasteiger partial charge in [-0.15, -0.1) is 0 Å². The lowest BCUT2D eigenvalue weighted by Crippen LogP contribution is -3.00. The van der Waals surface area contributed by atoms with Gasteiger partial charge in [0.1, 0.15) is 6.54 Å². The van der Waals surface area contributed by atoms with Crippen molar-refractivity contribution in [2.75, 3.05) is 27.2 Å². The average molecular weight is 493 g/mol. The van der Waals surface area contributed by atoms with E-state index in [-0.39, 0.29) is 29.9 Å². The fourth-order valence-corrected chi connectivity index (χ4v) is 2.93. The van der Waals surface area contributed by atoms with Crippen LogP contribution in [0.3, 0.4) is 0 Å². The van der Waals surface area contributed by atoms with Gasteiger partial charge in [0.15, 0.2) is 0 Å². The summed E-state index contributed by atoms with van der Waals surface area (Å²) in [5, 5.41) is 4.13. The highest BCUT2D eigenvalue weighted by Crippen LogP contribution is 2.24. The van der Waals surface area contributed by atoms with E-state index in [0.717, 1.165) is 29.6 Å². The molecule has 0 spiro atoms. The number of nitrogens with zero attached hydrogens (tertiary/aromatic N) is 1. The highest BCUT2D eigenvalue weighted by Gasteiger charge is 2.16. The molecule has 0 saturated carbocycles. The second kappa shape index (κ2) is 10.4. The van der Waals surface area contributed by atoms with Crippen molar-refractivity contribution < 1.29 is 33.3 Å². The van der Waals surface area contributed by atoms with Gasteiger partial charge in [-0.05, 0) is 24.3 Å². The Hall–Kier alpha value is -0.820. The maximum absolute atomic E-state index is 12.0. The summed E-state index contributed by atoms with van der Waals surface area (Å²) < 4.78 is 0.819. The number of carbonyl (C=O) groups excluding carboxylic acids is 1. The Balaban J connectivity index is 0.00000312. The van der Waals surface area contributed by atoms with Gasteiger partial charge in [0.2, 0.25) is 0 Å². The minimum atomic E-state index is -0.0228. The monoisotopic (exact) mass is 492 g/mol. The van der Waals surface area contributed by atoms with Crippen molar-refractivity contribution in [3.8, 4) is 0 Å². The predicted octanol–water partition coefficient (Wildman–Crippen LogP) is 1.39. The van der Waals surface area contributed by atoms with Crippen molar-refractivity contribution in [3.63, 3.8) is 0 Å². The fourth-order valence-electron chi connectivity index (χ4n) is 2.61. The number of quaternary nitrogens is 1. The van der Waals surface area contributed by atoms with Gasteiger partial charge in [-0.3, -0.25) is 4.79 Å². The third-order valence-corrected chi connectivity index (χ3v) is 4.60. The highest BCUT2D eigenvalue weighted by atomic mass is 127. The number of hydrogen-bond acceptors (Lipinski definition) is 1. The van der Waals surface area contributed by atoms with Gasteiger partial charge >= 0.3 is 0 Å². The molecular weight excluding hydrogens is 470 g/mol. The summed E-state index contributed by atoms with van der Waals surface area (Å²) in [4.78, 5) is 12.0. The molecule has 136 valence electrons. The third-order valence-electron chi connectivity index (χ3n) is 3.86. The Morgan fingerprint density at radius 1 is 1.04 bits per heavy atom. The molecule has 1 N–H and O–H groups in total. The first-order valence-corrected chi connectivity index (χ1v) is 8.72. The van der Waals surface area contributed by atoms with Crippen LogP contribution in [0.25, 0.3) is 0 Å². The molecule has 0 atom stereocenters. The first-order chi connectivity index (χ1) is 11.4. The smallest absolute Gasteiger partial charge is 0.251 e. The Labute approximate surface area is 176 Å². The molecule has 3 nitrogen and oxygen atoms in total. The molecule has 0 heterocycles. The second-order valence-electron chi connectivity index (χ2n) is 6.54. The van der Waals surface area contributed by atoms with Crippen molar-refractivity contribution >= 4 is 29.1 Å². The normalized spacial score (nSPS) is 10.9. The van der Waals surface area contributed by atoms with Crippen LogP contribution in [-0.4, -0.2) is 37.6 Å². The lowest BCUT2D eigenvalue weighted by atomic mass is 10.2. The minimum Gasteiger partial charge on any atom is -1.00 e. The molecule has 6 heteroatoms. The summed E-state index contributed by atoms with van der Waals surface area (Å²) in [6, 6.07) is 15.0. The summed E-state index contributed by atoms with van der Waals surface area (Å²) in [5.74, 6) is -0.0228. The van der Waals surface area contributed by atoms with Crippen molar-refractivity contribution in [1.29, 1.82) is 0 Å². The molecule has 25 heavy (non-hydrogen) atoms. The maximum atomic E-state index is 12.0. The molecule has 0 radical (unpaired) electrons. The Morgan fingerprint density at radius 3 is 2.36 bits per heavy atom. The zero-order chi connectivity index (χ0) is 17.6. The molecular formula is C19H23Cl2IN2O. The van der Waals surface area contributed by atoms with Crippen LogP contribution in [0.15, 0.2) is 48.5 Å². The number of rotatable bonds is 7. The SMILES string of the molecule is C[N+](C)(CCCNC(=O)c1ccccc1)Cc1ccc(Cl)c(Cl)c1.[I-]. The summed E-state index contributed by atoms with van der Waals surface area (Å²) in [6.45, 7) is 2.48. The van der Waals surface area contributed by atoms with Crippen LogP contribution in [0.2, 0.25) is 10.0 Å². The van der Waals surface area contributed by atoms with E-state index in [2.05, 4.69) is 19.4 Å². The molecule has 0 aliphatic rings. The van der Waals surface area contributed by atoms with Crippen molar-refractivity contribution in [2.24, 2.45) is 0 Å². The Morgan fingerprint density at radius 2 is 1.72 bits per heavy atom. The van der Waals surface area contributed by atoms with Crippen molar-refractivity contribution in [2.45, 2.75) is 13.0 Å². The molecule has 0 fully saturated rings. The van der Waals surface area contributed by atoms with Crippen LogP contribution in [0.4, 0.5) is 0 Å². The minimum absolute atomic E-state index is 0. The van der Waals surface area contributed by atoms with Crippen molar-refractivity contribution in [1.82, 2.24) is 5.32 Å². The zero-order valence-corrected chi connectivity index (χ0v) is 18.1. The van der Waals surface area contributed by atoms with Gasteiger partial charge in [-0.2, -0.15) is 0 Å². The van der Waals surface area contributed by atoms with Gasteiger partial charge in [0, 0.05) is 24.1 Å². The molecule has 0 aliphatic carbocycles. The molecule has 2 aromatic rings. The van der Waals surface area contributed by atoms with Gasteiger partial charge in [-0.25, -0.2) is 0 Å². The number of amides is 1. The first-order valence-electron chi connectivity index (χ1n) is 7.96. The van der Waals surface area contributed by atoms with E-state index in [9.17, 15) is 4.79 Å². The van der Waals surface area contributed by atoms with Crippen LogP contribution in [0.5, 0.6) is 0 Å². The number of halogens is 3. The molecule has 0 saturated heterocycles. The zero-order valence-electron chi connectivity index (χ0n) is 14.4. The van der Waals surface area contributed by atoms with E-state index < -0.39 is 0 Å². The second-order valence-corrected chi connectivity index (χ2v) is 7.36. The van der Waals surface area contributed by atoms with Crippen LogP contribution in [0, 0.1) is 0 Å². The third kappa shape index (κ3) is 7.52. The van der Waals surface area contributed by atoms with E-state index in [1.807, 2.05) is 48.5 Å². The molecule has 2 rings (SSSR count). The van der Waals surface area contributed by atoms with Crippen LogP contribution in [0.1, 0.15) is 22.3 Å². The Bertz CT molecular complexity index is 693. The summed E-state index contributed by atoms with van der Waals surface area (Å²) in [6.07, 6.45) is 0.910. The molecule has 0 aliphatic heterocycles. The van der Waals surface area contributed by atoms with Gasteiger partial charge in [0.25, 0.3) is 5.91 Å². The van der Waals surface area contributed by atoms with Gasteiger partial charge in [0.05, 0.1) is 30.7 Å². The standard InChI is InChI=1S/C19H22Cl2N2O.HI/c1-23(2,14-15-9-10-17(20)18(21)13-15)12-6-11-22-19(24)16-7-4-3-5-8-16;/h3-5,7-10,13H,6,11-12,14H2,1-2H3;1H. The summed E-state index contributed by atoms with van der Waals surface area (Å²) in [7, 11) is 4.34. The number of nitrogens with one attached hydrogen (secondary N) is 1. The molecule has 0 bridgehead atoms. The quantitative estimate of drug-likeness (QED) is 0.353. The van der Waals surface area contributed by atoms with Crippen LogP contribution in [-0.2, 0) is 6.54 Å². The molecule has 0 unspecified atom stereocenters. The van der Waals surface area contributed by atoms with Crippen molar-refractivity contribution in [3.05, 3.63) is 69.7 Å². The maximum Gasteiger partial charge on any atom is 0.251 e. The van der Waals surface area contributed by atoms with Crippen LogP contribution < -0.4 is 29.3 Å². The van der Waals surface area contributed by atoms with E-state index in [0.29, 0.717) is 22.2 Å². The number of benzene rings is 2. The topological polar surface area (TPSA) is 29.1 Å². The van der Waals surface area contributed by atoms with Gasteiger partial charge < -0.3 is 33.8 Å². The highest BCUT2D eigenvalue weighted by molar-refractivity contribution is 6.42.